The maximum atomic E-state index is 12.4. The van der Waals surface area contributed by atoms with E-state index < -0.39 is 0 Å². The van der Waals surface area contributed by atoms with Crippen LogP contribution in [0.3, 0.4) is 0 Å². The van der Waals surface area contributed by atoms with Gasteiger partial charge in [-0.25, -0.2) is 0 Å². The molecule has 1 aromatic carbocycles. The van der Waals surface area contributed by atoms with Crippen molar-refractivity contribution in [2.45, 2.75) is 36.1 Å². The minimum Gasteiger partial charge on any atom is -0.345 e. The van der Waals surface area contributed by atoms with Gasteiger partial charge in [-0.05, 0) is 31.2 Å². The quantitative estimate of drug-likeness (QED) is 0.841. The van der Waals surface area contributed by atoms with E-state index in [-0.39, 0.29) is 23.9 Å². The number of benzene rings is 1. The maximum absolute atomic E-state index is 12.4. The van der Waals surface area contributed by atoms with Crippen molar-refractivity contribution in [1.29, 1.82) is 0 Å². The number of amides is 1. The lowest BCUT2D eigenvalue weighted by molar-refractivity contribution is 0.0900. The molecule has 0 bridgehead atoms. The van der Waals surface area contributed by atoms with Crippen molar-refractivity contribution in [1.82, 2.24) is 5.32 Å². The zero-order valence-electron chi connectivity index (χ0n) is 11.1. The van der Waals surface area contributed by atoms with Crippen molar-refractivity contribution in [3.63, 3.8) is 0 Å². The number of nitrogens with two attached hydrogens (primary N) is 1. The first kappa shape index (κ1) is 16.3. The predicted molar refractivity (Wildman–Crippen MR) is 83.2 cm³/mol. The molecule has 106 valence electrons. The van der Waals surface area contributed by atoms with Gasteiger partial charge in [-0.15, -0.1) is 24.2 Å². The van der Waals surface area contributed by atoms with Gasteiger partial charge < -0.3 is 11.1 Å². The van der Waals surface area contributed by atoms with Crippen molar-refractivity contribution in [2.24, 2.45) is 5.73 Å². The molecule has 1 aliphatic carbocycles. The lowest BCUT2D eigenvalue weighted by atomic mass is 9.97. The lowest BCUT2D eigenvalue weighted by Crippen LogP contribution is -2.51. The number of thioether (sulfide) groups is 1. The standard InChI is InChI=1S/C14H20N2OS.ClH/c1-18-12-7-3-2-6-11(12)13(17)16-14(10-15)8-4-5-9-14;/h2-3,6-7H,4-5,8-10,15H2,1H3,(H,16,17);1H. The van der Waals surface area contributed by atoms with E-state index in [0.29, 0.717) is 6.54 Å². The van der Waals surface area contributed by atoms with Gasteiger partial charge in [0.2, 0.25) is 0 Å². The van der Waals surface area contributed by atoms with Crippen molar-refractivity contribution in [3.05, 3.63) is 29.8 Å². The first-order valence-corrected chi connectivity index (χ1v) is 7.59. The van der Waals surface area contributed by atoms with E-state index >= 15 is 0 Å². The highest BCUT2D eigenvalue weighted by Crippen LogP contribution is 2.29. The van der Waals surface area contributed by atoms with Crippen LogP contribution < -0.4 is 11.1 Å². The molecule has 0 aromatic heterocycles. The number of hydrogen-bond donors (Lipinski definition) is 2. The molecule has 0 aliphatic heterocycles. The minimum atomic E-state index is -0.178. The average molecular weight is 301 g/mol. The molecule has 19 heavy (non-hydrogen) atoms. The summed E-state index contributed by atoms with van der Waals surface area (Å²) < 4.78 is 0. The number of carbonyl (C=O) groups is 1. The van der Waals surface area contributed by atoms with E-state index in [2.05, 4.69) is 5.32 Å². The Morgan fingerprint density at radius 2 is 2.00 bits per heavy atom. The van der Waals surface area contributed by atoms with E-state index in [1.54, 1.807) is 11.8 Å². The number of hydrogen-bond acceptors (Lipinski definition) is 3. The molecule has 2 rings (SSSR count). The zero-order valence-corrected chi connectivity index (χ0v) is 12.8. The van der Waals surface area contributed by atoms with E-state index in [1.807, 2.05) is 30.5 Å². The summed E-state index contributed by atoms with van der Waals surface area (Å²) in [6.07, 6.45) is 6.29. The average Bonchev–Trinajstić information content (AvgIpc) is 2.87. The lowest BCUT2D eigenvalue weighted by Gasteiger charge is -2.29. The molecule has 1 fully saturated rings. The van der Waals surface area contributed by atoms with Crippen LogP contribution in [0, 0.1) is 0 Å². The van der Waals surface area contributed by atoms with Crippen LogP contribution in [0.1, 0.15) is 36.0 Å². The predicted octanol–water partition coefficient (Wildman–Crippen LogP) is 2.83. The van der Waals surface area contributed by atoms with E-state index in [1.165, 1.54) is 0 Å². The van der Waals surface area contributed by atoms with Crippen molar-refractivity contribution < 1.29 is 4.79 Å². The smallest absolute Gasteiger partial charge is 0.252 e. The highest BCUT2D eigenvalue weighted by molar-refractivity contribution is 7.98. The molecule has 0 unspecified atom stereocenters. The van der Waals surface area contributed by atoms with Gasteiger partial charge in [0.25, 0.3) is 5.91 Å². The fourth-order valence-electron chi connectivity index (χ4n) is 2.57. The Hall–Kier alpha value is -0.710. The molecule has 5 heteroatoms. The molecule has 3 nitrogen and oxygen atoms in total. The largest absolute Gasteiger partial charge is 0.345 e. The molecule has 1 saturated carbocycles. The molecule has 1 amide bonds. The minimum absolute atomic E-state index is 0. The van der Waals surface area contributed by atoms with Crippen molar-refractivity contribution in [3.8, 4) is 0 Å². The van der Waals surface area contributed by atoms with Gasteiger partial charge in [0.05, 0.1) is 11.1 Å². The normalized spacial score (nSPS) is 16.7. The second kappa shape index (κ2) is 7.17. The summed E-state index contributed by atoms with van der Waals surface area (Å²) in [4.78, 5) is 13.4. The number of carbonyl (C=O) groups excluding carboxylic acids is 1. The molecule has 0 spiro atoms. The van der Waals surface area contributed by atoms with Gasteiger partial charge >= 0.3 is 0 Å². The highest BCUT2D eigenvalue weighted by atomic mass is 35.5. The van der Waals surface area contributed by atoms with Gasteiger partial charge in [-0.2, -0.15) is 0 Å². The first-order chi connectivity index (χ1) is 8.71. The van der Waals surface area contributed by atoms with Gasteiger partial charge in [-0.3, -0.25) is 4.79 Å². The molecule has 0 radical (unpaired) electrons. The van der Waals surface area contributed by atoms with Crippen LogP contribution >= 0.6 is 24.2 Å². The third kappa shape index (κ3) is 3.65. The van der Waals surface area contributed by atoms with Crippen LogP contribution in [-0.2, 0) is 0 Å². The highest BCUT2D eigenvalue weighted by Gasteiger charge is 2.34. The molecular formula is C14H21ClN2OS. The summed E-state index contributed by atoms with van der Waals surface area (Å²) in [7, 11) is 0. The van der Waals surface area contributed by atoms with Crippen LogP contribution in [0.4, 0.5) is 0 Å². The van der Waals surface area contributed by atoms with Gasteiger partial charge in [0.1, 0.15) is 0 Å². The van der Waals surface area contributed by atoms with Crippen LogP contribution in [-0.4, -0.2) is 24.2 Å². The summed E-state index contributed by atoms with van der Waals surface area (Å²) in [6.45, 7) is 0.528. The Balaban J connectivity index is 0.00000180. The number of rotatable bonds is 4. The summed E-state index contributed by atoms with van der Waals surface area (Å²) in [6, 6.07) is 7.71. The maximum Gasteiger partial charge on any atom is 0.252 e. The van der Waals surface area contributed by atoms with Crippen LogP contribution in [0.25, 0.3) is 0 Å². The molecule has 0 atom stereocenters. The van der Waals surface area contributed by atoms with E-state index in [9.17, 15) is 4.79 Å². The Morgan fingerprint density at radius 1 is 1.37 bits per heavy atom. The Kier molecular flexibility index (Phi) is 6.17. The van der Waals surface area contributed by atoms with Crippen LogP contribution in [0.5, 0.6) is 0 Å². The zero-order chi connectivity index (χ0) is 13.0. The molecular weight excluding hydrogens is 280 g/mol. The summed E-state index contributed by atoms with van der Waals surface area (Å²) >= 11 is 1.60. The monoisotopic (exact) mass is 300 g/mol. The van der Waals surface area contributed by atoms with Crippen molar-refractivity contribution in [2.75, 3.05) is 12.8 Å². The molecule has 1 aliphatic rings. The second-order valence-electron chi connectivity index (χ2n) is 4.85. The van der Waals surface area contributed by atoms with Crippen LogP contribution in [0.15, 0.2) is 29.2 Å². The topological polar surface area (TPSA) is 55.1 Å². The third-order valence-electron chi connectivity index (χ3n) is 3.68. The second-order valence-corrected chi connectivity index (χ2v) is 5.69. The summed E-state index contributed by atoms with van der Waals surface area (Å²) in [5.41, 5.74) is 6.42. The Bertz CT molecular complexity index is 433. The van der Waals surface area contributed by atoms with Gasteiger partial charge in [0.15, 0.2) is 0 Å². The molecule has 0 saturated heterocycles. The van der Waals surface area contributed by atoms with Gasteiger partial charge in [0, 0.05) is 11.4 Å². The number of nitrogens with one attached hydrogen (secondary N) is 1. The molecule has 1 aromatic rings. The van der Waals surface area contributed by atoms with E-state index in [4.69, 9.17) is 5.73 Å². The fraction of sp³-hybridized carbons (Fsp3) is 0.500. The van der Waals surface area contributed by atoms with Crippen LogP contribution in [0.2, 0.25) is 0 Å². The van der Waals surface area contributed by atoms with E-state index in [0.717, 1.165) is 36.1 Å². The molecule has 3 N–H and O–H groups in total. The Morgan fingerprint density at radius 3 is 2.58 bits per heavy atom. The third-order valence-corrected chi connectivity index (χ3v) is 4.48. The van der Waals surface area contributed by atoms with Crippen molar-refractivity contribution >= 4 is 30.1 Å². The van der Waals surface area contributed by atoms with Gasteiger partial charge in [-0.1, -0.05) is 25.0 Å². The number of halogens is 1. The SMILES string of the molecule is CSc1ccccc1C(=O)NC1(CN)CCCC1.Cl. The summed E-state index contributed by atoms with van der Waals surface area (Å²) in [5.74, 6) is 0.00676. The summed E-state index contributed by atoms with van der Waals surface area (Å²) in [5, 5.41) is 3.16. The fourth-order valence-corrected chi connectivity index (χ4v) is 3.17. The Labute approximate surface area is 125 Å². The molecule has 0 heterocycles. The first-order valence-electron chi connectivity index (χ1n) is 6.36.